The van der Waals surface area contributed by atoms with Gasteiger partial charge in [-0.1, -0.05) is 146 Å². The van der Waals surface area contributed by atoms with Crippen LogP contribution in [-0.2, 0) is 22.7 Å². The van der Waals surface area contributed by atoms with Gasteiger partial charge in [-0.2, -0.15) is 0 Å². The summed E-state index contributed by atoms with van der Waals surface area (Å²) in [6.45, 7) is 0.178. The zero-order valence-corrected chi connectivity index (χ0v) is 35.4. The van der Waals surface area contributed by atoms with E-state index in [1.165, 1.54) is 22.7 Å². The third-order valence-corrected chi connectivity index (χ3v) is 14.2. The Morgan fingerprint density at radius 1 is 0.483 bits per heavy atom. The van der Waals surface area contributed by atoms with Crippen LogP contribution in [0.3, 0.4) is 0 Å². The van der Waals surface area contributed by atoms with Gasteiger partial charge in [0.05, 0.1) is 25.7 Å². The number of rotatable bonds is 8. The summed E-state index contributed by atoms with van der Waals surface area (Å²) in [4.78, 5) is 45.4. The van der Waals surface area contributed by atoms with Crippen molar-refractivity contribution in [1.82, 2.24) is 0 Å². The Balaban J connectivity index is 1.17. The van der Waals surface area contributed by atoms with Crippen molar-refractivity contribution in [1.29, 1.82) is 0 Å². The lowest BCUT2D eigenvalue weighted by molar-refractivity contribution is 0.0466. The molecule has 0 spiro atoms. The highest BCUT2D eigenvalue weighted by molar-refractivity contribution is 7.84. The average Bonchev–Trinajstić information content (AvgIpc) is 4.03. The van der Waals surface area contributed by atoms with Gasteiger partial charge in [0.2, 0.25) is 0 Å². The quantitative estimate of drug-likeness (QED) is 0.0850. The molecule has 5 nitrogen and oxygen atoms in total. The minimum atomic E-state index is -0.500. The number of hydrogen-bond donors (Lipinski definition) is 0. The number of esters is 2. The Morgan fingerprint density at radius 3 is 1.32 bits per heavy atom. The number of thiophene rings is 2. The fourth-order valence-electron chi connectivity index (χ4n) is 7.77. The van der Waals surface area contributed by atoms with E-state index in [1.807, 2.05) is 133 Å². The lowest BCUT2D eigenvalue weighted by Crippen LogP contribution is -2.07. The smallest absolute Gasteiger partial charge is 0.339 e. The summed E-state index contributed by atoms with van der Waals surface area (Å²) in [5.41, 5.74) is 6.80. The van der Waals surface area contributed by atoms with E-state index in [4.69, 9.17) is 46.1 Å². The van der Waals surface area contributed by atoms with Gasteiger partial charge in [0.1, 0.15) is 13.2 Å². The number of benzene rings is 6. The highest BCUT2D eigenvalue weighted by Crippen LogP contribution is 2.44. The van der Waals surface area contributed by atoms with Crippen LogP contribution in [0.1, 0.15) is 68.6 Å². The van der Waals surface area contributed by atoms with Crippen LogP contribution in [0.4, 0.5) is 0 Å². The van der Waals surface area contributed by atoms with Crippen LogP contribution in [0.15, 0.2) is 145 Å². The first-order chi connectivity index (χ1) is 29.2. The van der Waals surface area contributed by atoms with Crippen molar-refractivity contribution in [2.75, 3.05) is 0 Å². The molecule has 2 aromatic heterocycles. The lowest BCUT2D eigenvalue weighted by atomic mass is 9.98. The highest BCUT2D eigenvalue weighted by Gasteiger charge is 2.31. The van der Waals surface area contributed by atoms with Gasteiger partial charge in [-0.3, -0.25) is 4.79 Å². The fraction of sp³-hybridized carbons (Fsp3) is 0.0400. The molecule has 0 atom stereocenters. The Morgan fingerprint density at radius 2 is 0.867 bits per heavy atom. The molecule has 10 heteroatoms. The second-order valence-electron chi connectivity index (χ2n) is 14.4. The SMILES string of the molecule is O=C1/C(=C/c2cc3c(C(=O)OCc4ccccc4)cc4c(cc(C(=O)OCc5ccccc5)c5cc(C=C6C(=S)c7ccccc7C6=S)sc54)c3s2)C(=S)c2ccccc21. The third-order valence-electron chi connectivity index (χ3n) is 10.7. The van der Waals surface area contributed by atoms with E-state index in [0.29, 0.717) is 47.6 Å². The van der Waals surface area contributed by atoms with E-state index < -0.39 is 11.9 Å². The van der Waals surface area contributed by atoms with Gasteiger partial charge in [0, 0.05) is 74.1 Å². The molecule has 8 aromatic rings. The van der Waals surface area contributed by atoms with E-state index in [1.54, 1.807) is 12.1 Å². The Hall–Kier alpha value is -6.14. The monoisotopic (exact) mass is 868 g/mol. The zero-order valence-electron chi connectivity index (χ0n) is 31.4. The average molecular weight is 869 g/mol. The molecule has 0 radical (unpaired) electrons. The predicted molar refractivity (Wildman–Crippen MR) is 254 cm³/mol. The molecule has 60 heavy (non-hydrogen) atoms. The molecule has 2 aliphatic rings. The molecule has 0 fully saturated rings. The molecule has 10 rings (SSSR count). The molecule has 288 valence electrons. The maximum atomic E-state index is 14.2. The van der Waals surface area contributed by atoms with Crippen molar-refractivity contribution in [3.8, 4) is 0 Å². The van der Waals surface area contributed by atoms with Gasteiger partial charge in [-0.15, -0.1) is 22.7 Å². The van der Waals surface area contributed by atoms with Crippen LogP contribution >= 0.6 is 59.3 Å². The molecule has 0 saturated carbocycles. The van der Waals surface area contributed by atoms with Crippen molar-refractivity contribution < 1.29 is 23.9 Å². The molecular formula is C50H28O5S5. The number of carbonyl (C=O) groups is 3. The normalized spacial score (nSPS) is 14.1. The Labute approximate surface area is 368 Å². The summed E-state index contributed by atoms with van der Waals surface area (Å²) >= 11 is 20.5. The van der Waals surface area contributed by atoms with Crippen LogP contribution in [-0.4, -0.2) is 32.3 Å². The van der Waals surface area contributed by atoms with Gasteiger partial charge in [-0.25, -0.2) is 9.59 Å². The van der Waals surface area contributed by atoms with Crippen molar-refractivity contribution in [2.45, 2.75) is 13.2 Å². The van der Waals surface area contributed by atoms with Gasteiger partial charge in [0.25, 0.3) is 0 Å². The van der Waals surface area contributed by atoms with E-state index in [-0.39, 0.29) is 19.0 Å². The largest absolute Gasteiger partial charge is 0.457 e. The highest BCUT2D eigenvalue weighted by atomic mass is 32.1. The molecule has 6 aromatic carbocycles. The number of ketones is 1. The van der Waals surface area contributed by atoms with E-state index >= 15 is 0 Å². The number of fused-ring (bicyclic) bond motifs is 7. The summed E-state index contributed by atoms with van der Waals surface area (Å²) in [6.07, 6.45) is 3.79. The molecular weight excluding hydrogens is 841 g/mol. The molecule has 0 aliphatic heterocycles. The molecule has 0 bridgehead atoms. The lowest BCUT2D eigenvalue weighted by Gasteiger charge is -2.12. The fourth-order valence-corrected chi connectivity index (χ4v) is 11.1. The van der Waals surface area contributed by atoms with E-state index in [9.17, 15) is 14.4 Å². The van der Waals surface area contributed by atoms with Gasteiger partial charge in [0.15, 0.2) is 5.78 Å². The topological polar surface area (TPSA) is 69.7 Å². The second kappa shape index (κ2) is 15.5. The summed E-state index contributed by atoms with van der Waals surface area (Å²) in [6, 6.07) is 41.8. The minimum absolute atomic E-state index is 0.0851. The van der Waals surface area contributed by atoms with E-state index in [0.717, 1.165) is 63.3 Å². The maximum Gasteiger partial charge on any atom is 0.339 e. The van der Waals surface area contributed by atoms with Crippen LogP contribution < -0.4 is 0 Å². The summed E-state index contributed by atoms with van der Waals surface area (Å²) < 4.78 is 13.5. The summed E-state index contributed by atoms with van der Waals surface area (Å²) in [5.74, 6) is -1.13. The van der Waals surface area contributed by atoms with Gasteiger partial charge < -0.3 is 9.47 Å². The number of allylic oxidation sites excluding steroid dienone is 2. The van der Waals surface area contributed by atoms with Crippen molar-refractivity contribution in [3.63, 3.8) is 0 Å². The molecule has 0 N–H and O–H groups in total. The summed E-state index contributed by atoms with van der Waals surface area (Å²) in [5, 5.41) is 2.82. The molecule has 0 saturated heterocycles. The standard InChI is InChI=1S/C50H28O5S5/c51-43-31-15-7-8-16-32(31)44(56)41(43)21-29-19-35-39(49(52)54-25-27-11-3-1-4-12-27)24-38-37(47(35)59-29)23-40(50(53)55-26-28-13-5-2-6-14-28)36-20-30(60-48(36)38)22-42-45(57)33-17-9-10-18-34(33)46(42)58/h1-24H,25-26H2/b41-21-. The number of carbonyl (C=O) groups excluding carboxylic acids is 3. The number of hydrogen-bond acceptors (Lipinski definition) is 10. The number of Topliss-reactive ketones (excluding diaryl/α,β-unsaturated/α-hetero) is 1. The third kappa shape index (κ3) is 6.67. The van der Waals surface area contributed by atoms with E-state index in [2.05, 4.69) is 0 Å². The number of ether oxygens (including phenoxy) is 2. The number of thiocarbonyl (C=S) groups is 3. The molecule has 0 unspecified atom stereocenters. The minimum Gasteiger partial charge on any atom is -0.457 e. The zero-order chi connectivity index (χ0) is 41.1. The first-order valence-corrected chi connectivity index (χ1v) is 21.8. The first-order valence-electron chi connectivity index (χ1n) is 18.9. The summed E-state index contributed by atoms with van der Waals surface area (Å²) in [7, 11) is 0. The van der Waals surface area contributed by atoms with Gasteiger partial charge >= 0.3 is 11.9 Å². The van der Waals surface area contributed by atoms with Crippen LogP contribution in [0.5, 0.6) is 0 Å². The van der Waals surface area contributed by atoms with Crippen LogP contribution in [0.2, 0.25) is 0 Å². The Bertz CT molecular complexity index is 2970. The Kier molecular flexibility index (Phi) is 9.82. The van der Waals surface area contributed by atoms with Crippen LogP contribution in [0.25, 0.3) is 43.1 Å². The van der Waals surface area contributed by atoms with Crippen molar-refractivity contribution in [2.24, 2.45) is 0 Å². The second-order valence-corrected chi connectivity index (χ2v) is 17.8. The molecule has 0 amide bonds. The first kappa shape index (κ1) is 38.1. The molecule has 2 heterocycles. The van der Waals surface area contributed by atoms with Gasteiger partial charge in [-0.05, 0) is 47.5 Å². The van der Waals surface area contributed by atoms with Crippen molar-refractivity contribution in [3.05, 3.63) is 199 Å². The predicted octanol–water partition coefficient (Wildman–Crippen LogP) is 12.5. The van der Waals surface area contributed by atoms with Crippen LogP contribution in [0, 0.1) is 0 Å². The molecule has 2 aliphatic carbocycles. The maximum absolute atomic E-state index is 14.2. The van der Waals surface area contributed by atoms with Crippen molar-refractivity contribution >= 4 is 135 Å².